The Kier molecular flexibility index (Phi) is 6.53. The van der Waals surface area contributed by atoms with Gasteiger partial charge in [0.2, 0.25) is 0 Å². The summed E-state index contributed by atoms with van der Waals surface area (Å²) in [5.41, 5.74) is -0.0651. The van der Waals surface area contributed by atoms with E-state index in [-0.39, 0.29) is 23.8 Å². The molecule has 128 valence electrons. The highest BCUT2D eigenvalue weighted by Crippen LogP contribution is 2.59. The molecule has 3 aromatic rings. The maximum atomic E-state index is 12.5. The van der Waals surface area contributed by atoms with Gasteiger partial charge in [0.05, 0.1) is 0 Å². The van der Waals surface area contributed by atoms with Gasteiger partial charge in [-0.15, -0.1) is 0 Å². The van der Waals surface area contributed by atoms with E-state index >= 15 is 0 Å². The number of hydrogen-bond acceptors (Lipinski definition) is 1. The summed E-state index contributed by atoms with van der Waals surface area (Å²) in [7, 11) is -2.05. The standard InChI is InChI=1S/C22H22OP.ClH/c1-18(23)19(2)24(20-12-6-3-7-13-20,21-14-8-4-9-15-21)22-16-10-5-11-17-22;/h3-17,19H,1-2H3;1H/q+1;/p-1. The van der Waals surface area contributed by atoms with E-state index in [1.54, 1.807) is 6.92 Å². The van der Waals surface area contributed by atoms with E-state index in [1.807, 2.05) is 18.2 Å². The molecule has 0 amide bonds. The van der Waals surface area contributed by atoms with Crippen LogP contribution in [0.4, 0.5) is 0 Å². The highest BCUT2D eigenvalue weighted by molar-refractivity contribution is 7.96. The van der Waals surface area contributed by atoms with Gasteiger partial charge in [-0.25, -0.2) is 0 Å². The van der Waals surface area contributed by atoms with Gasteiger partial charge in [-0.05, 0) is 50.2 Å². The molecule has 0 fully saturated rings. The van der Waals surface area contributed by atoms with Crippen LogP contribution >= 0.6 is 7.26 Å². The Morgan fingerprint density at radius 2 is 0.960 bits per heavy atom. The molecule has 1 atom stereocenters. The topological polar surface area (TPSA) is 17.1 Å². The normalized spacial score (nSPS) is 12.1. The third-order valence-corrected chi connectivity index (χ3v) is 9.52. The van der Waals surface area contributed by atoms with Crippen LogP contribution in [-0.2, 0) is 4.79 Å². The summed E-state index contributed by atoms with van der Waals surface area (Å²) < 4.78 is 0. The van der Waals surface area contributed by atoms with E-state index in [4.69, 9.17) is 0 Å². The van der Waals surface area contributed by atoms with Gasteiger partial charge in [-0.2, -0.15) is 0 Å². The van der Waals surface area contributed by atoms with Crippen molar-refractivity contribution in [2.75, 3.05) is 0 Å². The number of ketones is 1. The summed E-state index contributed by atoms with van der Waals surface area (Å²) >= 11 is 0. The van der Waals surface area contributed by atoms with E-state index < -0.39 is 7.26 Å². The molecule has 0 heterocycles. The lowest BCUT2D eigenvalue weighted by Crippen LogP contribution is -3.00. The maximum Gasteiger partial charge on any atom is 0.170 e. The second kappa shape index (κ2) is 8.43. The number of Topliss-reactive ketones (excluding diaryl/α,β-unsaturated/α-hetero) is 1. The van der Waals surface area contributed by atoms with Crippen molar-refractivity contribution in [2.24, 2.45) is 0 Å². The fourth-order valence-electron chi connectivity index (χ4n) is 3.38. The molecule has 3 heteroatoms. The number of halogens is 1. The highest BCUT2D eigenvalue weighted by atomic mass is 35.5. The molecule has 0 N–H and O–H groups in total. The fourth-order valence-corrected chi connectivity index (χ4v) is 8.09. The Hall–Kier alpha value is -1.95. The smallest absolute Gasteiger partial charge is 0.170 e. The molecule has 0 spiro atoms. The van der Waals surface area contributed by atoms with E-state index in [1.165, 1.54) is 15.9 Å². The summed E-state index contributed by atoms with van der Waals surface area (Å²) in [6.45, 7) is 3.80. The molecule has 0 aliphatic heterocycles. The van der Waals surface area contributed by atoms with Crippen LogP contribution in [0.25, 0.3) is 0 Å². The Bertz CT molecular complexity index is 707. The van der Waals surface area contributed by atoms with Gasteiger partial charge in [0.15, 0.2) is 5.78 Å². The van der Waals surface area contributed by atoms with E-state index in [9.17, 15) is 4.79 Å². The lowest BCUT2D eigenvalue weighted by atomic mass is 10.3. The van der Waals surface area contributed by atoms with Gasteiger partial charge >= 0.3 is 0 Å². The molecule has 0 aliphatic carbocycles. The SMILES string of the molecule is CC(=O)C(C)[P+](c1ccccc1)(c1ccccc1)c1ccccc1.[Cl-]. The van der Waals surface area contributed by atoms with Crippen LogP contribution in [-0.4, -0.2) is 11.4 Å². The number of rotatable bonds is 5. The molecule has 0 bridgehead atoms. The zero-order valence-corrected chi connectivity index (χ0v) is 16.1. The Morgan fingerprint density at radius 1 is 0.680 bits per heavy atom. The van der Waals surface area contributed by atoms with Gasteiger partial charge in [0.25, 0.3) is 0 Å². The molecular formula is C22H22ClOP. The minimum absolute atomic E-state index is 0. The average molecular weight is 369 g/mol. The van der Waals surface area contributed by atoms with Crippen molar-refractivity contribution < 1.29 is 17.2 Å². The monoisotopic (exact) mass is 368 g/mol. The number of benzene rings is 3. The molecule has 0 aliphatic rings. The molecule has 0 saturated carbocycles. The average Bonchev–Trinajstić information content (AvgIpc) is 2.65. The molecule has 0 saturated heterocycles. The first-order valence-electron chi connectivity index (χ1n) is 8.23. The van der Waals surface area contributed by atoms with Crippen LogP contribution in [0.2, 0.25) is 0 Å². The van der Waals surface area contributed by atoms with Crippen molar-refractivity contribution in [3.8, 4) is 0 Å². The Morgan fingerprint density at radius 3 is 1.20 bits per heavy atom. The Balaban J connectivity index is 0.00000225. The van der Waals surface area contributed by atoms with E-state index in [2.05, 4.69) is 79.7 Å². The fraction of sp³-hybridized carbons (Fsp3) is 0.136. The van der Waals surface area contributed by atoms with Gasteiger partial charge in [-0.1, -0.05) is 54.6 Å². The first kappa shape index (κ1) is 19.4. The molecule has 1 nitrogen and oxygen atoms in total. The third-order valence-electron chi connectivity index (χ3n) is 4.66. The number of carbonyl (C=O) groups excluding carboxylic acids is 1. The second-order valence-electron chi connectivity index (χ2n) is 6.02. The molecule has 0 radical (unpaired) electrons. The van der Waals surface area contributed by atoms with Crippen LogP contribution in [0.3, 0.4) is 0 Å². The molecule has 0 aromatic heterocycles. The summed E-state index contributed by atoms with van der Waals surface area (Å²) in [5.74, 6) is 0.236. The number of carbonyl (C=O) groups is 1. The summed E-state index contributed by atoms with van der Waals surface area (Å²) in [5, 5.41) is 3.76. The zero-order chi connectivity index (χ0) is 17.0. The van der Waals surface area contributed by atoms with Crippen molar-refractivity contribution in [3.05, 3.63) is 91.0 Å². The molecular weight excluding hydrogens is 347 g/mol. The predicted molar refractivity (Wildman–Crippen MR) is 105 cm³/mol. The number of hydrogen-bond donors (Lipinski definition) is 0. The second-order valence-corrected chi connectivity index (χ2v) is 9.79. The first-order chi connectivity index (χ1) is 11.7. The van der Waals surface area contributed by atoms with Crippen molar-refractivity contribution in [1.29, 1.82) is 0 Å². The highest BCUT2D eigenvalue weighted by Gasteiger charge is 2.52. The van der Waals surface area contributed by atoms with Gasteiger partial charge in [0, 0.05) is 0 Å². The third kappa shape index (κ3) is 3.54. The Labute approximate surface area is 156 Å². The minimum Gasteiger partial charge on any atom is -1.00 e. The first-order valence-corrected chi connectivity index (χ1v) is 10.1. The summed E-state index contributed by atoms with van der Waals surface area (Å²) in [6, 6.07) is 31.6. The quantitative estimate of drug-likeness (QED) is 0.613. The molecule has 3 aromatic carbocycles. The predicted octanol–water partition coefficient (Wildman–Crippen LogP) is 0.962. The minimum atomic E-state index is -2.05. The van der Waals surface area contributed by atoms with Crippen molar-refractivity contribution in [1.82, 2.24) is 0 Å². The maximum absolute atomic E-state index is 12.5. The van der Waals surface area contributed by atoms with Crippen LogP contribution in [0.5, 0.6) is 0 Å². The van der Waals surface area contributed by atoms with Crippen LogP contribution in [0.1, 0.15) is 13.8 Å². The lowest BCUT2D eigenvalue weighted by Gasteiger charge is -2.31. The largest absolute Gasteiger partial charge is 1.00 e. The zero-order valence-electron chi connectivity index (χ0n) is 14.5. The van der Waals surface area contributed by atoms with E-state index in [0.717, 1.165) is 0 Å². The van der Waals surface area contributed by atoms with Gasteiger partial charge < -0.3 is 12.4 Å². The molecule has 1 unspecified atom stereocenters. The lowest BCUT2D eigenvalue weighted by molar-refractivity contribution is -0.116. The summed E-state index contributed by atoms with van der Waals surface area (Å²) in [6.07, 6.45) is 0. The van der Waals surface area contributed by atoms with Crippen molar-refractivity contribution in [2.45, 2.75) is 19.5 Å². The van der Waals surface area contributed by atoms with Crippen LogP contribution < -0.4 is 28.3 Å². The van der Waals surface area contributed by atoms with Crippen LogP contribution in [0, 0.1) is 0 Å². The molecule has 25 heavy (non-hydrogen) atoms. The van der Waals surface area contributed by atoms with Crippen molar-refractivity contribution in [3.63, 3.8) is 0 Å². The van der Waals surface area contributed by atoms with Crippen LogP contribution in [0.15, 0.2) is 91.0 Å². The van der Waals surface area contributed by atoms with Gasteiger partial charge in [0.1, 0.15) is 28.8 Å². The summed E-state index contributed by atoms with van der Waals surface area (Å²) in [4.78, 5) is 12.5. The van der Waals surface area contributed by atoms with Crippen molar-refractivity contribution >= 4 is 29.0 Å². The molecule has 3 rings (SSSR count). The van der Waals surface area contributed by atoms with Gasteiger partial charge in [-0.3, -0.25) is 4.79 Å². The van der Waals surface area contributed by atoms with E-state index in [0.29, 0.717) is 0 Å².